The molecule has 0 aromatic heterocycles. The first-order chi connectivity index (χ1) is 16.0. The van der Waals surface area contributed by atoms with Gasteiger partial charge in [-0.3, -0.25) is 14.4 Å². The average molecular weight is 480 g/mol. The molecule has 34 heavy (non-hydrogen) atoms. The Morgan fingerprint density at radius 3 is 2.41 bits per heavy atom. The molecule has 11 heteroatoms. The standard InChI is InChI=1S/C23H29FN2O8/c1-14(27)33-19(22(30)34-23(2,3)4)18-21(29)26(9-12-32-18)15-5-6-17(24)16(13-15)20(28)25-7-10-31-11-8-25/h5-6,13,18-19H,7-12H2,1-4H3/t18-,19?/m1/s1. The van der Waals surface area contributed by atoms with Crippen molar-refractivity contribution in [1.29, 1.82) is 0 Å². The number of esters is 2. The molecule has 0 radical (unpaired) electrons. The number of benzene rings is 1. The number of amides is 2. The highest BCUT2D eigenvalue weighted by Crippen LogP contribution is 2.26. The van der Waals surface area contributed by atoms with E-state index >= 15 is 0 Å². The van der Waals surface area contributed by atoms with E-state index in [9.17, 15) is 23.6 Å². The lowest BCUT2D eigenvalue weighted by molar-refractivity contribution is -0.188. The third kappa shape index (κ3) is 6.09. The first-order valence-corrected chi connectivity index (χ1v) is 11.0. The molecule has 1 unspecified atom stereocenters. The minimum Gasteiger partial charge on any atom is -0.457 e. The molecule has 2 aliphatic rings. The van der Waals surface area contributed by atoms with Crippen molar-refractivity contribution < 1.29 is 42.5 Å². The fraction of sp³-hybridized carbons (Fsp3) is 0.565. The van der Waals surface area contributed by atoms with Crippen LogP contribution >= 0.6 is 0 Å². The summed E-state index contributed by atoms with van der Waals surface area (Å²) in [7, 11) is 0. The summed E-state index contributed by atoms with van der Waals surface area (Å²) in [6.45, 7) is 7.51. The predicted octanol–water partition coefficient (Wildman–Crippen LogP) is 1.30. The molecule has 0 saturated carbocycles. The van der Waals surface area contributed by atoms with Crippen LogP contribution in [-0.2, 0) is 33.3 Å². The van der Waals surface area contributed by atoms with Gasteiger partial charge >= 0.3 is 11.9 Å². The Kier molecular flexibility index (Phi) is 7.88. The van der Waals surface area contributed by atoms with Gasteiger partial charge in [0.15, 0.2) is 6.10 Å². The van der Waals surface area contributed by atoms with Crippen molar-refractivity contribution in [2.45, 2.75) is 45.5 Å². The molecular formula is C23H29FN2O8. The predicted molar refractivity (Wildman–Crippen MR) is 117 cm³/mol. The Morgan fingerprint density at radius 1 is 1.12 bits per heavy atom. The van der Waals surface area contributed by atoms with Crippen LogP contribution in [0, 0.1) is 5.82 Å². The van der Waals surface area contributed by atoms with Gasteiger partial charge in [0.2, 0.25) is 6.10 Å². The van der Waals surface area contributed by atoms with Crippen LogP contribution in [0.3, 0.4) is 0 Å². The van der Waals surface area contributed by atoms with Gasteiger partial charge in [0.1, 0.15) is 11.4 Å². The van der Waals surface area contributed by atoms with Gasteiger partial charge in [0.25, 0.3) is 11.8 Å². The van der Waals surface area contributed by atoms with Gasteiger partial charge in [0.05, 0.1) is 25.4 Å². The molecule has 2 fully saturated rings. The summed E-state index contributed by atoms with van der Waals surface area (Å²) in [4.78, 5) is 53.2. The third-order valence-corrected chi connectivity index (χ3v) is 5.12. The number of ether oxygens (including phenoxy) is 4. The monoisotopic (exact) mass is 480 g/mol. The largest absolute Gasteiger partial charge is 0.457 e. The van der Waals surface area contributed by atoms with E-state index in [1.165, 1.54) is 21.9 Å². The van der Waals surface area contributed by atoms with Crippen LogP contribution in [0.15, 0.2) is 18.2 Å². The number of carbonyl (C=O) groups excluding carboxylic acids is 4. The van der Waals surface area contributed by atoms with Gasteiger partial charge in [-0.15, -0.1) is 0 Å². The molecule has 10 nitrogen and oxygen atoms in total. The summed E-state index contributed by atoms with van der Waals surface area (Å²) in [6.07, 6.45) is -3.09. The van der Waals surface area contributed by atoms with Crippen LogP contribution < -0.4 is 4.90 Å². The fourth-order valence-electron chi connectivity index (χ4n) is 3.63. The number of rotatable bonds is 5. The first-order valence-electron chi connectivity index (χ1n) is 11.0. The van der Waals surface area contributed by atoms with E-state index in [1.54, 1.807) is 20.8 Å². The van der Waals surface area contributed by atoms with Crippen molar-refractivity contribution in [3.63, 3.8) is 0 Å². The first kappa shape index (κ1) is 25.6. The van der Waals surface area contributed by atoms with E-state index in [0.29, 0.717) is 26.3 Å². The maximum Gasteiger partial charge on any atom is 0.351 e. The average Bonchev–Trinajstić information content (AvgIpc) is 2.77. The number of carbonyl (C=O) groups is 4. The summed E-state index contributed by atoms with van der Waals surface area (Å²) in [5.74, 6) is -3.62. The summed E-state index contributed by atoms with van der Waals surface area (Å²) in [5.41, 5.74) is -0.820. The second-order valence-corrected chi connectivity index (χ2v) is 8.91. The third-order valence-electron chi connectivity index (χ3n) is 5.12. The molecule has 0 bridgehead atoms. The van der Waals surface area contributed by atoms with Crippen LogP contribution in [0.1, 0.15) is 38.1 Å². The fourth-order valence-corrected chi connectivity index (χ4v) is 3.63. The molecule has 186 valence electrons. The van der Waals surface area contributed by atoms with Crippen LogP contribution in [0.5, 0.6) is 0 Å². The summed E-state index contributed by atoms with van der Waals surface area (Å²) >= 11 is 0. The lowest BCUT2D eigenvalue weighted by Crippen LogP contribution is -2.56. The van der Waals surface area contributed by atoms with Crippen LogP contribution in [0.25, 0.3) is 0 Å². The molecular weight excluding hydrogens is 451 g/mol. The van der Waals surface area contributed by atoms with Gasteiger partial charge in [-0.05, 0) is 39.0 Å². The van der Waals surface area contributed by atoms with Crippen molar-refractivity contribution >= 4 is 29.4 Å². The minimum atomic E-state index is -1.62. The van der Waals surface area contributed by atoms with E-state index in [4.69, 9.17) is 18.9 Å². The molecule has 3 rings (SSSR count). The van der Waals surface area contributed by atoms with Gasteiger partial charge in [-0.25, -0.2) is 9.18 Å². The Hall–Kier alpha value is -3.05. The zero-order chi connectivity index (χ0) is 25.0. The molecule has 0 aliphatic carbocycles. The van der Waals surface area contributed by atoms with E-state index in [0.717, 1.165) is 13.0 Å². The molecule has 1 aromatic rings. The number of morpholine rings is 2. The van der Waals surface area contributed by atoms with Crippen LogP contribution in [-0.4, -0.2) is 85.9 Å². The van der Waals surface area contributed by atoms with Crippen molar-refractivity contribution in [3.8, 4) is 0 Å². The number of halogens is 1. The topological polar surface area (TPSA) is 112 Å². The highest BCUT2D eigenvalue weighted by atomic mass is 19.1. The highest BCUT2D eigenvalue weighted by Gasteiger charge is 2.44. The zero-order valence-corrected chi connectivity index (χ0v) is 19.7. The molecule has 0 spiro atoms. The van der Waals surface area contributed by atoms with Crippen molar-refractivity contribution in [3.05, 3.63) is 29.6 Å². The second-order valence-electron chi connectivity index (χ2n) is 8.91. The normalized spacial score (nSPS) is 20.0. The lowest BCUT2D eigenvalue weighted by atomic mass is 10.1. The SMILES string of the molecule is CC(=O)OC(C(=O)OC(C)(C)C)[C@H]1OCCN(c2ccc(F)c(C(=O)N3CCOCC3)c2)C1=O. The van der Waals surface area contributed by atoms with Gasteiger partial charge < -0.3 is 28.7 Å². The number of nitrogens with zero attached hydrogens (tertiary/aromatic N) is 2. The number of hydrogen-bond donors (Lipinski definition) is 0. The van der Waals surface area contributed by atoms with Crippen molar-refractivity contribution in [1.82, 2.24) is 4.90 Å². The van der Waals surface area contributed by atoms with E-state index in [1.807, 2.05) is 0 Å². The van der Waals surface area contributed by atoms with Crippen LogP contribution in [0.4, 0.5) is 10.1 Å². The number of anilines is 1. The van der Waals surface area contributed by atoms with Crippen molar-refractivity contribution in [2.75, 3.05) is 44.4 Å². The Morgan fingerprint density at radius 2 is 1.79 bits per heavy atom. The van der Waals surface area contributed by atoms with Gasteiger partial charge in [0, 0.05) is 32.2 Å². The second kappa shape index (κ2) is 10.5. The molecule has 1 aromatic carbocycles. The van der Waals surface area contributed by atoms with Crippen LogP contribution in [0.2, 0.25) is 0 Å². The molecule has 2 aliphatic heterocycles. The molecule has 2 heterocycles. The Balaban J connectivity index is 1.86. The molecule has 2 atom stereocenters. The maximum absolute atomic E-state index is 14.5. The summed E-state index contributed by atoms with van der Waals surface area (Å²) < 4.78 is 35.7. The molecule has 0 N–H and O–H groups in total. The number of hydrogen-bond acceptors (Lipinski definition) is 8. The lowest BCUT2D eigenvalue weighted by Gasteiger charge is -2.36. The quantitative estimate of drug-likeness (QED) is 0.580. The Bertz CT molecular complexity index is 955. The van der Waals surface area contributed by atoms with E-state index in [-0.39, 0.29) is 24.4 Å². The smallest absolute Gasteiger partial charge is 0.351 e. The highest BCUT2D eigenvalue weighted by molar-refractivity contribution is 6.02. The maximum atomic E-state index is 14.5. The van der Waals surface area contributed by atoms with Gasteiger partial charge in [-0.1, -0.05) is 0 Å². The van der Waals surface area contributed by atoms with E-state index < -0.39 is 47.4 Å². The van der Waals surface area contributed by atoms with E-state index in [2.05, 4.69) is 0 Å². The Labute approximate surface area is 196 Å². The summed E-state index contributed by atoms with van der Waals surface area (Å²) in [5, 5.41) is 0. The molecule has 2 saturated heterocycles. The van der Waals surface area contributed by atoms with Crippen molar-refractivity contribution in [2.24, 2.45) is 0 Å². The van der Waals surface area contributed by atoms with Gasteiger partial charge in [-0.2, -0.15) is 0 Å². The molecule has 2 amide bonds. The summed E-state index contributed by atoms with van der Waals surface area (Å²) in [6, 6.07) is 3.76. The minimum absolute atomic E-state index is 0.0150. The zero-order valence-electron chi connectivity index (χ0n) is 19.7.